The summed E-state index contributed by atoms with van der Waals surface area (Å²) in [6, 6.07) is 8.93. The molecule has 0 radical (unpaired) electrons. The SMILES string of the molecule is CC(C)(C)CS(=O)(=O)NCc1cccc(C#N)c1. The second-order valence-corrected chi connectivity index (χ2v) is 7.26. The highest BCUT2D eigenvalue weighted by Crippen LogP contribution is 2.15. The van der Waals surface area contributed by atoms with Gasteiger partial charge in [-0.1, -0.05) is 32.9 Å². The number of hydrogen-bond acceptors (Lipinski definition) is 3. The zero-order chi connectivity index (χ0) is 13.8. The van der Waals surface area contributed by atoms with E-state index in [4.69, 9.17) is 5.26 Å². The Morgan fingerprint density at radius 1 is 1.33 bits per heavy atom. The van der Waals surface area contributed by atoms with Gasteiger partial charge in [0.2, 0.25) is 10.0 Å². The standard InChI is InChI=1S/C13H18N2O2S/c1-13(2,3)10-18(16,17)15-9-12-6-4-5-11(7-12)8-14/h4-7,15H,9-10H2,1-3H3. The molecule has 0 atom stereocenters. The molecule has 0 spiro atoms. The van der Waals surface area contributed by atoms with Crippen LogP contribution in [0.5, 0.6) is 0 Å². The molecule has 0 heterocycles. The molecule has 1 aromatic carbocycles. The maximum absolute atomic E-state index is 11.8. The van der Waals surface area contributed by atoms with E-state index < -0.39 is 10.0 Å². The van der Waals surface area contributed by atoms with Crippen LogP contribution in [0, 0.1) is 16.7 Å². The summed E-state index contributed by atoms with van der Waals surface area (Å²) in [6.07, 6.45) is 0. The molecule has 0 aromatic heterocycles. The first kappa shape index (κ1) is 14.7. The fraction of sp³-hybridized carbons (Fsp3) is 0.462. The number of sulfonamides is 1. The van der Waals surface area contributed by atoms with Crippen LogP contribution in [0.25, 0.3) is 0 Å². The Labute approximate surface area is 109 Å². The fourth-order valence-electron chi connectivity index (χ4n) is 1.57. The second-order valence-electron chi connectivity index (χ2n) is 5.45. The Kier molecular flexibility index (Phi) is 4.49. The van der Waals surface area contributed by atoms with E-state index in [0.717, 1.165) is 5.56 Å². The van der Waals surface area contributed by atoms with Crippen molar-refractivity contribution in [3.63, 3.8) is 0 Å². The molecule has 1 N–H and O–H groups in total. The molecule has 1 aromatic rings. The molecule has 0 aliphatic heterocycles. The van der Waals surface area contributed by atoms with E-state index in [-0.39, 0.29) is 17.7 Å². The summed E-state index contributed by atoms with van der Waals surface area (Å²) in [7, 11) is -3.29. The molecule has 0 aliphatic carbocycles. The number of nitrogens with one attached hydrogen (secondary N) is 1. The largest absolute Gasteiger partial charge is 0.212 e. The minimum Gasteiger partial charge on any atom is -0.212 e. The van der Waals surface area contributed by atoms with E-state index in [1.165, 1.54) is 0 Å². The van der Waals surface area contributed by atoms with Crippen molar-refractivity contribution in [2.45, 2.75) is 27.3 Å². The predicted octanol–water partition coefficient (Wildman–Crippen LogP) is 2.02. The van der Waals surface area contributed by atoms with Gasteiger partial charge in [-0.05, 0) is 23.1 Å². The summed E-state index contributed by atoms with van der Waals surface area (Å²) < 4.78 is 26.1. The van der Waals surface area contributed by atoms with Gasteiger partial charge in [-0.2, -0.15) is 5.26 Å². The lowest BCUT2D eigenvalue weighted by molar-refractivity contribution is 0.458. The van der Waals surface area contributed by atoms with Crippen molar-refractivity contribution in [2.24, 2.45) is 5.41 Å². The zero-order valence-electron chi connectivity index (χ0n) is 10.9. The highest BCUT2D eigenvalue weighted by atomic mass is 32.2. The van der Waals surface area contributed by atoms with E-state index in [1.807, 2.05) is 26.8 Å². The molecule has 98 valence electrons. The molecule has 0 aliphatic rings. The van der Waals surface area contributed by atoms with Crippen LogP contribution >= 0.6 is 0 Å². The fourth-order valence-corrected chi connectivity index (χ4v) is 3.19. The topological polar surface area (TPSA) is 70.0 Å². The zero-order valence-corrected chi connectivity index (χ0v) is 11.7. The predicted molar refractivity (Wildman–Crippen MR) is 71.2 cm³/mol. The van der Waals surface area contributed by atoms with Crippen LogP contribution in [0.1, 0.15) is 31.9 Å². The van der Waals surface area contributed by atoms with Crippen LogP contribution < -0.4 is 4.72 Å². The molecule has 5 heteroatoms. The minimum atomic E-state index is -3.29. The van der Waals surface area contributed by atoms with Crippen molar-refractivity contribution in [2.75, 3.05) is 5.75 Å². The highest BCUT2D eigenvalue weighted by Gasteiger charge is 2.20. The lowest BCUT2D eigenvalue weighted by Gasteiger charge is -2.18. The molecule has 0 unspecified atom stereocenters. The van der Waals surface area contributed by atoms with Gasteiger partial charge >= 0.3 is 0 Å². The summed E-state index contributed by atoms with van der Waals surface area (Å²) in [5.41, 5.74) is 1.04. The summed E-state index contributed by atoms with van der Waals surface area (Å²) in [6.45, 7) is 5.85. The van der Waals surface area contributed by atoms with Gasteiger partial charge in [-0.3, -0.25) is 0 Å². The summed E-state index contributed by atoms with van der Waals surface area (Å²) in [5, 5.41) is 8.75. The van der Waals surface area contributed by atoms with Gasteiger partial charge in [0.1, 0.15) is 0 Å². The van der Waals surface area contributed by atoms with Gasteiger partial charge in [0.05, 0.1) is 17.4 Å². The molecular formula is C13H18N2O2S. The Balaban J connectivity index is 2.68. The van der Waals surface area contributed by atoms with Crippen molar-refractivity contribution in [3.05, 3.63) is 35.4 Å². The van der Waals surface area contributed by atoms with E-state index in [9.17, 15) is 8.42 Å². The minimum absolute atomic E-state index is 0.0813. The maximum Gasteiger partial charge on any atom is 0.212 e. The van der Waals surface area contributed by atoms with Crippen LogP contribution in [0.2, 0.25) is 0 Å². The smallest absolute Gasteiger partial charge is 0.212 e. The van der Waals surface area contributed by atoms with Crippen molar-refractivity contribution in [3.8, 4) is 6.07 Å². The third kappa shape index (κ3) is 5.30. The molecule has 0 bridgehead atoms. The summed E-state index contributed by atoms with van der Waals surface area (Å²) >= 11 is 0. The van der Waals surface area contributed by atoms with Crippen molar-refractivity contribution in [1.82, 2.24) is 4.72 Å². The van der Waals surface area contributed by atoms with Crippen molar-refractivity contribution < 1.29 is 8.42 Å². The number of nitrogens with zero attached hydrogens (tertiary/aromatic N) is 1. The highest BCUT2D eigenvalue weighted by molar-refractivity contribution is 7.89. The lowest BCUT2D eigenvalue weighted by atomic mass is 10.0. The summed E-state index contributed by atoms with van der Waals surface area (Å²) in [4.78, 5) is 0. The molecule has 1 rings (SSSR count). The molecule has 0 saturated carbocycles. The quantitative estimate of drug-likeness (QED) is 0.906. The first-order chi connectivity index (χ1) is 8.22. The first-order valence-electron chi connectivity index (χ1n) is 5.68. The molecule has 0 fully saturated rings. The normalized spacial score (nSPS) is 12.1. The van der Waals surface area contributed by atoms with E-state index >= 15 is 0 Å². The molecule has 18 heavy (non-hydrogen) atoms. The third-order valence-electron chi connectivity index (χ3n) is 2.18. The molecular weight excluding hydrogens is 248 g/mol. The van der Waals surface area contributed by atoms with Gasteiger partial charge in [0.25, 0.3) is 0 Å². The van der Waals surface area contributed by atoms with Gasteiger partial charge in [0.15, 0.2) is 0 Å². The van der Waals surface area contributed by atoms with Gasteiger partial charge in [0, 0.05) is 6.54 Å². The Bertz CT molecular complexity index is 551. The Morgan fingerprint density at radius 2 is 2.00 bits per heavy atom. The lowest BCUT2D eigenvalue weighted by Crippen LogP contribution is -2.31. The Hall–Kier alpha value is -1.38. The first-order valence-corrected chi connectivity index (χ1v) is 7.33. The van der Waals surface area contributed by atoms with Crippen LogP contribution in [0.4, 0.5) is 0 Å². The average molecular weight is 266 g/mol. The summed E-state index contributed by atoms with van der Waals surface area (Å²) in [5.74, 6) is 0.0813. The van der Waals surface area contributed by atoms with E-state index in [0.29, 0.717) is 5.56 Å². The van der Waals surface area contributed by atoms with Crippen LogP contribution in [-0.4, -0.2) is 14.2 Å². The average Bonchev–Trinajstić information content (AvgIpc) is 2.24. The second kappa shape index (κ2) is 5.51. The number of benzene rings is 1. The van der Waals surface area contributed by atoms with Gasteiger partial charge in [-0.15, -0.1) is 0 Å². The van der Waals surface area contributed by atoms with Crippen molar-refractivity contribution >= 4 is 10.0 Å². The van der Waals surface area contributed by atoms with Crippen LogP contribution in [-0.2, 0) is 16.6 Å². The van der Waals surface area contributed by atoms with E-state index in [2.05, 4.69) is 4.72 Å². The molecule has 0 amide bonds. The number of hydrogen-bond donors (Lipinski definition) is 1. The molecule has 4 nitrogen and oxygen atoms in total. The number of rotatable bonds is 4. The number of nitriles is 1. The Morgan fingerprint density at radius 3 is 2.56 bits per heavy atom. The molecule has 0 saturated heterocycles. The van der Waals surface area contributed by atoms with E-state index in [1.54, 1.807) is 24.3 Å². The van der Waals surface area contributed by atoms with Gasteiger partial charge < -0.3 is 0 Å². The van der Waals surface area contributed by atoms with Crippen LogP contribution in [0.3, 0.4) is 0 Å². The van der Waals surface area contributed by atoms with Crippen molar-refractivity contribution in [1.29, 1.82) is 5.26 Å². The monoisotopic (exact) mass is 266 g/mol. The van der Waals surface area contributed by atoms with Gasteiger partial charge in [-0.25, -0.2) is 13.1 Å². The van der Waals surface area contributed by atoms with Crippen LogP contribution in [0.15, 0.2) is 24.3 Å². The third-order valence-corrected chi connectivity index (χ3v) is 4.01. The maximum atomic E-state index is 11.8.